The molecular weight excluding hydrogens is 216 g/mol. The topological polar surface area (TPSA) is 45.5 Å². The van der Waals surface area contributed by atoms with Gasteiger partial charge in [-0.1, -0.05) is 0 Å². The summed E-state index contributed by atoms with van der Waals surface area (Å²) >= 11 is 0. The lowest BCUT2D eigenvalue weighted by Crippen LogP contribution is -2.21. The number of likely N-dealkylation sites (tertiary alicyclic amines) is 1. The van der Waals surface area contributed by atoms with Crippen molar-refractivity contribution in [1.82, 2.24) is 4.90 Å². The van der Waals surface area contributed by atoms with Crippen molar-refractivity contribution < 1.29 is 9.47 Å². The number of benzene rings is 1. The second-order valence-electron chi connectivity index (χ2n) is 4.27. The van der Waals surface area contributed by atoms with E-state index in [1.54, 1.807) is 25.3 Å². The molecular formula is C13H16N2O2. The maximum atomic E-state index is 8.81. The Labute approximate surface area is 101 Å². The Morgan fingerprint density at radius 3 is 2.82 bits per heavy atom. The molecule has 1 saturated heterocycles. The first-order valence-corrected chi connectivity index (χ1v) is 5.66. The highest BCUT2D eigenvalue weighted by Gasteiger charge is 2.22. The number of hydrogen-bond donors (Lipinski definition) is 0. The standard InChI is InChI=1S/C13H16N2O2/c1-15-6-5-11(9-15)17-12-4-3-10(8-14)7-13(12)16-2/h3-4,7,11H,5-6,9H2,1-2H3. The van der Waals surface area contributed by atoms with E-state index < -0.39 is 0 Å². The second-order valence-corrected chi connectivity index (χ2v) is 4.27. The Morgan fingerprint density at radius 2 is 2.24 bits per heavy atom. The number of hydrogen-bond acceptors (Lipinski definition) is 4. The molecule has 1 heterocycles. The molecule has 1 fully saturated rings. The van der Waals surface area contributed by atoms with Gasteiger partial charge in [0, 0.05) is 19.2 Å². The molecule has 0 bridgehead atoms. The Hall–Kier alpha value is -1.73. The van der Waals surface area contributed by atoms with E-state index in [0.717, 1.165) is 19.5 Å². The predicted molar refractivity (Wildman–Crippen MR) is 64.2 cm³/mol. The van der Waals surface area contributed by atoms with Crippen LogP contribution in [0.4, 0.5) is 0 Å². The molecule has 0 radical (unpaired) electrons. The van der Waals surface area contributed by atoms with E-state index in [4.69, 9.17) is 14.7 Å². The number of methoxy groups -OCH3 is 1. The summed E-state index contributed by atoms with van der Waals surface area (Å²) in [5.41, 5.74) is 0.581. The van der Waals surface area contributed by atoms with Gasteiger partial charge in [0.15, 0.2) is 11.5 Å². The van der Waals surface area contributed by atoms with Crippen molar-refractivity contribution in [3.63, 3.8) is 0 Å². The summed E-state index contributed by atoms with van der Waals surface area (Å²) in [5, 5.41) is 8.81. The van der Waals surface area contributed by atoms with Crippen LogP contribution in [0.1, 0.15) is 12.0 Å². The average molecular weight is 232 g/mol. The molecule has 1 unspecified atom stereocenters. The molecule has 0 N–H and O–H groups in total. The summed E-state index contributed by atoms with van der Waals surface area (Å²) in [7, 11) is 3.67. The number of rotatable bonds is 3. The van der Waals surface area contributed by atoms with E-state index in [-0.39, 0.29) is 6.10 Å². The molecule has 0 aromatic heterocycles. The highest BCUT2D eigenvalue weighted by atomic mass is 16.5. The molecule has 4 heteroatoms. The van der Waals surface area contributed by atoms with Gasteiger partial charge < -0.3 is 14.4 Å². The average Bonchev–Trinajstić information content (AvgIpc) is 2.75. The SMILES string of the molecule is COc1cc(C#N)ccc1OC1CCN(C)C1. The first kappa shape index (κ1) is 11.7. The second kappa shape index (κ2) is 5.07. The Balaban J connectivity index is 2.13. The van der Waals surface area contributed by atoms with E-state index in [1.165, 1.54) is 0 Å². The number of ether oxygens (including phenoxy) is 2. The Kier molecular flexibility index (Phi) is 3.50. The molecule has 0 saturated carbocycles. The minimum atomic E-state index is 0.210. The van der Waals surface area contributed by atoms with Crippen molar-refractivity contribution in [2.75, 3.05) is 27.2 Å². The molecule has 0 spiro atoms. The molecule has 1 aromatic rings. The van der Waals surface area contributed by atoms with Gasteiger partial charge in [0.25, 0.3) is 0 Å². The van der Waals surface area contributed by atoms with E-state index in [9.17, 15) is 0 Å². The first-order chi connectivity index (χ1) is 8.22. The van der Waals surface area contributed by atoms with Crippen molar-refractivity contribution in [2.24, 2.45) is 0 Å². The van der Waals surface area contributed by atoms with Gasteiger partial charge in [-0.3, -0.25) is 0 Å². The first-order valence-electron chi connectivity index (χ1n) is 5.66. The van der Waals surface area contributed by atoms with Gasteiger partial charge in [-0.25, -0.2) is 0 Å². The Morgan fingerprint density at radius 1 is 1.41 bits per heavy atom. The fraction of sp³-hybridized carbons (Fsp3) is 0.462. The van der Waals surface area contributed by atoms with Crippen LogP contribution in [-0.2, 0) is 0 Å². The fourth-order valence-electron chi connectivity index (χ4n) is 2.00. The van der Waals surface area contributed by atoms with Crippen LogP contribution in [0.25, 0.3) is 0 Å². The molecule has 2 rings (SSSR count). The smallest absolute Gasteiger partial charge is 0.162 e. The van der Waals surface area contributed by atoms with E-state index >= 15 is 0 Å². The molecule has 0 amide bonds. The molecule has 1 aromatic carbocycles. The van der Waals surface area contributed by atoms with Crippen molar-refractivity contribution in [3.05, 3.63) is 23.8 Å². The lowest BCUT2D eigenvalue weighted by atomic mass is 10.2. The van der Waals surface area contributed by atoms with Gasteiger partial charge in [0.05, 0.1) is 18.7 Å². The highest BCUT2D eigenvalue weighted by molar-refractivity contribution is 5.46. The zero-order valence-corrected chi connectivity index (χ0v) is 10.1. The van der Waals surface area contributed by atoms with Gasteiger partial charge in [-0.05, 0) is 25.6 Å². The minimum Gasteiger partial charge on any atom is -0.493 e. The van der Waals surface area contributed by atoms with Gasteiger partial charge >= 0.3 is 0 Å². The summed E-state index contributed by atoms with van der Waals surface area (Å²) in [5.74, 6) is 1.34. The lowest BCUT2D eigenvalue weighted by Gasteiger charge is -2.16. The van der Waals surface area contributed by atoms with E-state index in [1.807, 2.05) is 0 Å². The molecule has 4 nitrogen and oxygen atoms in total. The van der Waals surface area contributed by atoms with Gasteiger partial charge in [0.2, 0.25) is 0 Å². The molecule has 1 aliphatic rings. The third kappa shape index (κ3) is 2.69. The van der Waals surface area contributed by atoms with Crippen molar-refractivity contribution in [1.29, 1.82) is 5.26 Å². The Bertz CT molecular complexity index is 440. The molecule has 90 valence electrons. The van der Waals surface area contributed by atoms with Gasteiger partial charge in [-0.15, -0.1) is 0 Å². The fourth-order valence-corrected chi connectivity index (χ4v) is 2.00. The van der Waals surface area contributed by atoms with Crippen LogP contribution in [0.3, 0.4) is 0 Å². The number of nitriles is 1. The van der Waals surface area contributed by atoms with E-state index in [0.29, 0.717) is 17.1 Å². The molecule has 17 heavy (non-hydrogen) atoms. The van der Waals surface area contributed by atoms with Crippen molar-refractivity contribution in [2.45, 2.75) is 12.5 Å². The molecule has 1 aliphatic heterocycles. The predicted octanol–water partition coefficient (Wildman–Crippen LogP) is 1.65. The zero-order chi connectivity index (χ0) is 12.3. The minimum absolute atomic E-state index is 0.210. The van der Waals surface area contributed by atoms with Crippen LogP contribution in [0.5, 0.6) is 11.5 Å². The quantitative estimate of drug-likeness (QED) is 0.795. The van der Waals surface area contributed by atoms with Gasteiger partial charge in [-0.2, -0.15) is 5.26 Å². The van der Waals surface area contributed by atoms with Gasteiger partial charge in [0.1, 0.15) is 6.10 Å². The largest absolute Gasteiger partial charge is 0.493 e. The third-order valence-corrected chi connectivity index (χ3v) is 2.93. The van der Waals surface area contributed by atoms with Crippen molar-refractivity contribution in [3.8, 4) is 17.6 Å². The summed E-state index contributed by atoms with van der Waals surface area (Å²) in [6, 6.07) is 7.34. The maximum Gasteiger partial charge on any atom is 0.162 e. The maximum absolute atomic E-state index is 8.81. The monoisotopic (exact) mass is 232 g/mol. The molecule has 1 atom stereocenters. The van der Waals surface area contributed by atoms with Crippen LogP contribution in [0.15, 0.2) is 18.2 Å². The summed E-state index contributed by atoms with van der Waals surface area (Å²) < 4.78 is 11.1. The van der Waals surface area contributed by atoms with Crippen molar-refractivity contribution >= 4 is 0 Å². The van der Waals surface area contributed by atoms with Crippen LogP contribution in [0, 0.1) is 11.3 Å². The highest BCUT2D eigenvalue weighted by Crippen LogP contribution is 2.30. The summed E-state index contributed by atoms with van der Waals surface area (Å²) in [6.07, 6.45) is 1.24. The third-order valence-electron chi connectivity index (χ3n) is 2.93. The number of nitrogens with zero attached hydrogens (tertiary/aromatic N) is 2. The summed E-state index contributed by atoms with van der Waals surface area (Å²) in [6.45, 7) is 1.99. The lowest BCUT2D eigenvalue weighted by molar-refractivity contribution is 0.199. The number of likely N-dealkylation sites (N-methyl/N-ethyl adjacent to an activating group) is 1. The van der Waals surface area contributed by atoms with E-state index in [2.05, 4.69) is 18.0 Å². The van der Waals surface area contributed by atoms with Crippen LogP contribution in [-0.4, -0.2) is 38.3 Å². The zero-order valence-electron chi connectivity index (χ0n) is 10.1. The molecule has 0 aliphatic carbocycles. The van der Waals surface area contributed by atoms with Crippen LogP contribution in [0.2, 0.25) is 0 Å². The summed E-state index contributed by atoms with van der Waals surface area (Å²) in [4.78, 5) is 2.24. The van der Waals surface area contributed by atoms with Crippen LogP contribution >= 0.6 is 0 Å². The van der Waals surface area contributed by atoms with Crippen LogP contribution < -0.4 is 9.47 Å². The normalized spacial score (nSPS) is 19.9.